The molecule has 1 heterocycles. The van der Waals surface area contributed by atoms with Crippen molar-refractivity contribution in [3.8, 4) is 0 Å². The van der Waals surface area contributed by atoms with Crippen molar-refractivity contribution in [1.82, 2.24) is 9.88 Å². The maximum atomic E-state index is 12.8. The number of carbonyl (C=O) groups excluding carboxylic acids is 1. The first-order chi connectivity index (χ1) is 11.6. The van der Waals surface area contributed by atoms with E-state index >= 15 is 0 Å². The third-order valence-electron chi connectivity index (χ3n) is 4.41. The summed E-state index contributed by atoms with van der Waals surface area (Å²) in [7, 11) is 3.60. The number of fused-ring (bicyclic) bond motifs is 1. The molecular formula is C20H21N3O. The van der Waals surface area contributed by atoms with Gasteiger partial charge in [-0.05, 0) is 24.6 Å². The number of nitrogens with zero attached hydrogens (tertiary/aromatic N) is 3. The lowest BCUT2D eigenvalue weighted by atomic mass is 10.1. The van der Waals surface area contributed by atoms with Crippen LogP contribution in [0.15, 0.2) is 66.9 Å². The summed E-state index contributed by atoms with van der Waals surface area (Å²) in [4.78, 5) is 20.6. The van der Waals surface area contributed by atoms with E-state index in [4.69, 9.17) is 0 Å². The number of hydrogen-bond donors (Lipinski definition) is 0. The van der Waals surface area contributed by atoms with Gasteiger partial charge < -0.3 is 4.90 Å². The molecule has 0 saturated carbocycles. The van der Waals surface area contributed by atoms with Gasteiger partial charge in [0.05, 0.1) is 23.4 Å². The summed E-state index contributed by atoms with van der Waals surface area (Å²) >= 11 is 0. The third kappa shape index (κ3) is 3.08. The number of amides is 2. The van der Waals surface area contributed by atoms with Gasteiger partial charge in [0.25, 0.3) is 0 Å². The van der Waals surface area contributed by atoms with Crippen LogP contribution in [0.5, 0.6) is 0 Å². The molecule has 4 heteroatoms. The molecule has 0 aliphatic rings. The Morgan fingerprint density at radius 2 is 1.67 bits per heavy atom. The molecule has 3 aromatic rings. The van der Waals surface area contributed by atoms with Crippen LogP contribution in [-0.4, -0.2) is 30.0 Å². The zero-order valence-electron chi connectivity index (χ0n) is 14.2. The van der Waals surface area contributed by atoms with Crippen LogP contribution in [-0.2, 0) is 0 Å². The molecule has 0 bridgehead atoms. The quantitative estimate of drug-likeness (QED) is 0.713. The van der Waals surface area contributed by atoms with Crippen molar-refractivity contribution in [2.45, 2.75) is 13.0 Å². The van der Waals surface area contributed by atoms with Crippen LogP contribution < -0.4 is 4.90 Å². The molecule has 2 aromatic carbocycles. The molecule has 0 radical (unpaired) electrons. The first-order valence-electron chi connectivity index (χ1n) is 7.98. The van der Waals surface area contributed by atoms with Gasteiger partial charge in [-0.2, -0.15) is 0 Å². The Morgan fingerprint density at radius 1 is 1.00 bits per heavy atom. The van der Waals surface area contributed by atoms with E-state index in [2.05, 4.69) is 4.98 Å². The van der Waals surface area contributed by atoms with Crippen molar-refractivity contribution in [1.29, 1.82) is 0 Å². The Labute approximate surface area is 142 Å². The number of rotatable bonds is 3. The molecule has 0 aliphatic carbocycles. The van der Waals surface area contributed by atoms with Crippen molar-refractivity contribution in [3.05, 3.63) is 72.4 Å². The number of pyridine rings is 1. The van der Waals surface area contributed by atoms with Crippen LogP contribution in [0.1, 0.15) is 18.5 Å². The van der Waals surface area contributed by atoms with E-state index in [1.165, 1.54) is 0 Å². The summed E-state index contributed by atoms with van der Waals surface area (Å²) in [5, 5.41) is 1.02. The largest absolute Gasteiger partial charge is 0.324 e. The molecule has 1 aromatic heterocycles. The SMILES string of the molecule is C[C@@H](c1ccccc1)N(C)C(=O)N(C)c1cnc2ccccc2c1. The molecular weight excluding hydrogens is 298 g/mol. The van der Waals surface area contributed by atoms with E-state index < -0.39 is 0 Å². The van der Waals surface area contributed by atoms with Gasteiger partial charge in [0.1, 0.15) is 0 Å². The fourth-order valence-electron chi connectivity index (χ4n) is 2.71. The number of hydrogen-bond acceptors (Lipinski definition) is 2. The van der Waals surface area contributed by atoms with Gasteiger partial charge in [0.2, 0.25) is 0 Å². The molecule has 24 heavy (non-hydrogen) atoms. The summed E-state index contributed by atoms with van der Waals surface area (Å²) in [5.74, 6) is 0. The van der Waals surface area contributed by atoms with Gasteiger partial charge in [0.15, 0.2) is 0 Å². The van der Waals surface area contributed by atoms with E-state index in [1.54, 1.807) is 23.0 Å². The summed E-state index contributed by atoms with van der Waals surface area (Å²) in [6.45, 7) is 2.03. The van der Waals surface area contributed by atoms with E-state index in [-0.39, 0.29) is 12.1 Å². The second kappa shape index (κ2) is 6.71. The van der Waals surface area contributed by atoms with Crippen molar-refractivity contribution in [2.75, 3.05) is 19.0 Å². The molecule has 0 aliphatic heterocycles. The van der Waals surface area contributed by atoms with Crippen LogP contribution in [0, 0.1) is 0 Å². The highest BCUT2D eigenvalue weighted by molar-refractivity contribution is 5.93. The predicted octanol–water partition coefficient (Wildman–Crippen LogP) is 4.48. The smallest absolute Gasteiger partial charge is 0.321 e. The summed E-state index contributed by atoms with van der Waals surface area (Å²) in [6, 6.07) is 19.8. The minimum Gasteiger partial charge on any atom is -0.321 e. The first kappa shape index (κ1) is 16.0. The number of benzene rings is 2. The zero-order valence-corrected chi connectivity index (χ0v) is 14.2. The van der Waals surface area contributed by atoms with Gasteiger partial charge in [-0.3, -0.25) is 9.88 Å². The van der Waals surface area contributed by atoms with E-state index in [0.717, 1.165) is 22.2 Å². The molecule has 1 atom stereocenters. The summed E-state index contributed by atoms with van der Waals surface area (Å²) < 4.78 is 0. The molecule has 0 spiro atoms. The predicted molar refractivity (Wildman–Crippen MR) is 98.2 cm³/mol. The second-order valence-corrected chi connectivity index (χ2v) is 5.93. The second-order valence-electron chi connectivity index (χ2n) is 5.93. The average Bonchev–Trinajstić information content (AvgIpc) is 2.66. The Bertz CT molecular complexity index is 848. The van der Waals surface area contributed by atoms with Gasteiger partial charge in [-0.15, -0.1) is 0 Å². The van der Waals surface area contributed by atoms with Crippen LogP contribution in [0.3, 0.4) is 0 Å². The van der Waals surface area contributed by atoms with Crippen LogP contribution in [0.25, 0.3) is 10.9 Å². The normalized spacial score (nSPS) is 12.0. The van der Waals surface area contributed by atoms with Crippen LogP contribution in [0.4, 0.5) is 10.5 Å². The fourth-order valence-corrected chi connectivity index (χ4v) is 2.71. The van der Waals surface area contributed by atoms with Crippen molar-refractivity contribution in [3.63, 3.8) is 0 Å². The number of urea groups is 1. The highest BCUT2D eigenvalue weighted by Gasteiger charge is 2.21. The average molecular weight is 319 g/mol. The number of anilines is 1. The van der Waals surface area contributed by atoms with E-state index in [0.29, 0.717) is 0 Å². The van der Waals surface area contributed by atoms with Crippen molar-refractivity contribution in [2.24, 2.45) is 0 Å². The summed E-state index contributed by atoms with van der Waals surface area (Å²) in [6.07, 6.45) is 1.74. The molecule has 0 N–H and O–H groups in total. The van der Waals surface area contributed by atoms with Gasteiger partial charge in [-0.1, -0.05) is 48.5 Å². The number of carbonyl (C=O) groups is 1. The topological polar surface area (TPSA) is 36.4 Å². The Kier molecular flexibility index (Phi) is 4.47. The van der Waals surface area contributed by atoms with Gasteiger partial charge >= 0.3 is 6.03 Å². The van der Waals surface area contributed by atoms with Crippen molar-refractivity contribution >= 4 is 22.6 Å². The van der Waals surface area contributed by atoms with Gasteiger partial charge in [0, 0.05) is 19.5 Å². The Hall–Kier alpha value is -2.88. The lowest BCUT2D eigenvalue weighted by Crippen LogP contribution is -2.40. The maximum absolute atomic E-state index is 12.8. The first-order valence-corrected chi connectivity index (χ1v) is 7.98. The number of aromatic nitrogens is 1. The van der Waals surface area contributed by atoms with E-state index in [9.17, 15) is 4.79 Å². The summed E-state index contributed by atoms with van der Waals surface area (Å²) in [5.41, 5.74) is 2.82. The minimum atomic E-state index is -0.0663. The minimum absolute atomic E-state index is 0.00503. The third-order valence-corrected chi connectivity index (χ3v) is 4.41. The highest BCUT2D eigenvalue weighted by Crippen LogP contribution is 2.23. The Balaban J connectivity index is 1.82. The zero-order chi connectivity index (χ0) is 17.1. The molecule has 2 amide bonds. The van der Waals surface area contributed by atoms with Gasteiger partial charge in [-0.25, -0.2) is 4.79 Å². The Morgan fingerprint density at radius 3 is 2.42 bits per heavy atom. The van der Waals surface area contributed by atoms with Crippen LogP contribution in [0.2, 0.25) is 0 Å². The molecule has 4 nitrogen and oxygen atoms in total. The molecule has 3 rings (SSSR count). The van der Waals surface area contributed by atoms with Crippen molar-refractivity contribution < 1.29 is 4.79 Å². The lowest BCUT2D eigenvalue weighted by Gasteiger charge is -2.30. The molecule has 0 saturated heterocycles. The highest BCUT2D eigenvalue weighted by atomic mass is 16.2. The lowest BCUT2D eigenvalue weighted by molar-refractivity contribution is 0.202. The van der Waals surface area contributed by atoms with Crippen LogP contribution >= 0.6 is 0 Å². The molecule has 0 fully saturated rings. The molecule has 122 valence electrons. The fraction of sp³-hybridized carbons (Fsp3) is 0.200. The van der Waals surface area contributed by atoms with E-state index in [1.807, 2.05) is 74.6 Å². The number of para-hydroxylation sites is 1. The monoisotopic (exact) mass is 319 g/mol. The standard InChI is InChI=1S/C20H21N3O/c1-15(16-9-5-4-6-10-16)22(2)20(24)23(3)18-13-17-11-7-8-12-19(17)21-14-18/h4-15H,1-3H3/t15-/m0/s1. The molecule has 0 unspecified atom stereocenters. The maximum Gasteiger partial charge on any atom is 0.324 e.